The molecule has 2 aromatic carbocycles. The zero-order valence-electron chi connectivity index (χ0n) is 12.8. The van der Waals surface area contributed by atoms with E-state index in [1.807, 2.05) is 31.2 Å². The van der Waals surface area contributed by atoms with Crippen LogP contribution in [0.4, 0.5) is 0 Å². The minimum absolute atomic E-state index is 0.105. The lowest BCUT2D eigenvalue weighted by atomic mass is 10.1. The van der Waals surface area contributed by atoms with Crippen molar-refractivity contribution in [3.63, 3.8) is 0 Å². The van der Waals surface area contributed by atoms with Crippen LogP contribution in [0.15, 0.2) is 53.6 Å². The van der Waals surface area contributed by atoms with Gasteiger partial charge in [-0.25, -0.2) is 10.4 Å². The molecule has 1 heterocycles. The second-order valence-corrected chi connectivity index (χ2v) is 5.64. The van der Waals surface area contributed by atoms with Crippen molar-refractivity contribution in [2.45, 2.75) is 6.92 Å². The van der Waals surface area contributed by atoms with E-state index in [1.54, 1.807) is 12.1 Å². The number of aromatic hydroxyl groups is 1. The zero-order valence-corrected chi connectivity index (χ0v) is 13.6. The van der Waals surface area contributed by atoms with Crippen molar-refractivity contribution in [1.82, 2.24) is 10.4 Å². The number of hydrazone groups is 1. The van der Waals surface area contributed by atoms with Crippen LogP contribution in [0, 0.1) is 6.92 Å². The third-order valence-electron chi connectivity index (χ3n) is 3.47. The fraction of sp³-hybridized carbons (Fsp3) is 0.0556. The molecule has 1 amide bonds. The van der Waals surface area contributed by atoms with Crippen LogP contribution in [0.25, 0.3) is 10.9 Å². The largest absolute Gasteiger partial charge is 0.507 e. The van der Waals surface area contributed by atoms with Gasteiger partial charge in [-0.1, -0.05) is 35.4 Å². The molecule has 0 aliphatic carbocycles. The molecule has 0 spiro atoms. The molecule has 0 bridgehead atoms. The summed E-state index contributed by atoms with van der Waals surface area (Å²) in [5.41, 5.74) is 5.00. The molecule has 0 aliphatic rings. The Morgan fingerprint density at radius 3 is 2.83 bits per heavy atom. The molecule has 1 aromatic heterocycles. The number of aryl methyl sites for hydroxylation is 1. The van der Waals surface area contributed by atoms with E-state index in [1.165, 1.54) is 18.3 Å². The first-order chi connectivity index (χ1) is 11.5. The third-order valence-corrected chi connectivity index (χ3v) is 3.77. The number of phenols is 1. The Labute approximate surface area is 143 Å². The highest BCUT2D eigenvalue weighted by molar-refractivity contribution is 6.32. The van der Waals surface area contributed by atoms with Gasteiger partial charge < -0.3 is 5.11 Å². The number of rotatable bonds is 3. The standard InChI is InChI=1S/C18H14ClN3O2/c1-11-6-7-15-12(8-11)9-13(17(19)21-15)10-20-22-18(24)14-4-2-3-5-16(14)23/h2-10,23H,1H3,(H,22,24)/b20-10+. The molecule has 3 aromatic rings. The van der Waals surface area contributed by atoms with Crippen molar-refractivity contribution in [3.05, 3.63) is 70.4 Å². The summed E-state index contributed by atoms with van der Waals surface area (Å²) in [6.07, 6.45) is 1.43. The minimum atomic E-state index is -0.509. The first-order valence-corrected chi connectivity index (χ1v) is 7.61. The summed E-state index contributed by atoms with van der Waals surface area (Å²) in [5.74, 6) is -0.615. The number of hydrogen-bond donors (Lipinski definition) is 2. The Balaban J connectivity index is 1.81. The average molecular weight is 340 g/mol. The van der Waals surface area contributed by atoms with Crippen LogP contribution in [0.2, 0.25) is 5.15 Å². The lowest BCUT2D eigenvalue weighted by Crippen LogP contribution is -2.17. The first kappa shape index (κ1) is 16.0. The van der Waals surface area contributed by atoms with Crippen LogP contribution in [-0.4, -0.2) is 22.2 Å². The maximum absolute atomic E-state index is 12.0. The summed E-state index contributed by atoms with van der Waals surface area (Å²) in [4.78, 5) is 16.3. The van der Waals surface area contributed by atoms with Crippen molar-refractivity contribution in [1.29, 1.82) is 0 Å². The Kier molecular flexibility index (Phi) is 4.44. The molecule has 120 valence electrons. The number of aromatic nitrogens is 1. The number of carbonyl (C=O) groups is 1. The Hall–Kier alpha value is -2.92. The monoisotopic (exact) mass is 339 g/mol. The number of benzene rings is 2. The molecular weight excluding hydrogens is 326 g/mol. The maximum atomic E-state index is 12.0. The van der Waals surface area contributed by atoms with E-state index in [9.17, 15) is 9.90 Å². The predicted octanol–water partition coefficient (Wildman–Crippen LogP) is 3.67. The van der Waals surface area contributed by atoms with Gasteiger partial charge in [0.05, 0.1) is 17.3 Å². The van der Waals surface area contributed by atoms with E-state index in [0.29, 0.717) is 10.7 Å². The predicted molar refractivity (Wildman–Crippen MR) is 94.7 cm³/mol. The number of para-hydroxylation sites is 1. The minimum Gasteiger partial charge on any atom is -0.507 e. The molecule has 0 aliphatic heterocycles. The molecular formula is C18H14ClN3O2. The van der Waals surface area contributed by atoms with Crippen molar-refractivity contribution in [2.24, 2.45) is 5.10 Å². The Bertz CT molecular complexity index is 954. The molecule has 2 N–H and O–H groups in total. The lowest BCUT2D eigenvalue weighted by Gasteiger charge is -2.04. The van der Waals surface area contributed by atoms with Gasteiger partial charge in [0.1, 0.15) is 10.9 Å². The summed E-state index contributed by atoms with van der Waals surface area (Å²) in [7, 11) is 0. The highest BCUT2D eigenvalue weighted by Gasteiger charge is 2.09. The van der Waals surface area contributed by atoms with Crippen molar-refractivity contribution in [2.75, 3.05) is 0 Å². The number of pyridine rings is 1. The van der Waals surface area contributed by atoms with Gasteiger partial charge in [-0.15, -0.1) is 0 Å². The second-order valence-electron chi connectivity index (χ2n) is 5.28. The Morgan fingerprint density at radius 2 is 2.04 bits per heavy atom. The summed E-state index contributed by atoms with van der Waals surface area (Å²) in [5, 5.41) is 14.8. The fourth-order valence-electron chi connectivity index (χ4n) is 2.27. The normalized spacial score (nSPS) is 11.1. The van der Waals surface area contributed by atoms with Crippen molar-refractivity contribution in [3.8, 4) is 5.75 Å². The molecule has 0 saturated heterocycles. The molecule has 0 fully saturated rings. The van der Waals surface area contributed by atoms with Crippen LogP contribution in [0.5, 0.6) is 5.75 Å². The van der Waals surface area contributed by atoms with E-state index in [0.717, 1.165) is 16.5 Å². The topological polar surface area (TPSA) is 74.6 Å². The molecule has 3 rings (SSSR count). The number of phenolic OH excluding ortho intramolecular Hbond substituents is 1. The number of fused-ring (bicyclic) bond motifs is 1. The number of hydrogen-bond acceptors (Lipinski definition) is 4. The highest BCUT2D eigenvalue weighted by Crippen LogP contribution is 2.20. The molecule has 0 radical (unpaired) electrons. The molecule has 0 saturated carbocycles. The average Bonchev–Trinajstić information content (AvgIpc) is 2.56. The van der Waals surface area contributed by atoms with Crippen LogP contribution in [-0.2, 0) is 0 Å². The van der Waals surface area contributed by atoms with Crippen LogP contribution < -0.4 is 5.43 Å². The number of carbonyl (C=O) groups excluding carboxylic acids is 1. The fourth-order valence-corrected chi connectivity index (χ4v) is 2.46. The van der Waals surface area contributed by atoms with Gasteiger partial charge in [0.25, 0.3) is 5.91 Å². The third kappa shape index (κ3) is 3.36. The molecule has 6 heteroatoms. The number of nitrogens with zero attached hydrogens (tertiary/aromatic N) is 2. The van der Waals surface area contributed by atoms with Gasteiger partial charge in [-0.05, 0) is 37.3 Å². The van der Waals surface area contributed by atoms with Crippen LogP contribution in [0.3, 0.4) is 0 Å². The van der Waals surface area contributed by atoms with Crippen LogP contribution >= 0.6 is 11.6 Å². The van der Waals surface area contributed by atoms with E-state index < -0.39 is 5.91 Å². The smallest absolute Gasteiger partial charge is 0.275 e. The quantitative estimate of drug-likeness (QED) is 0.434. The maximum Gasteiger partial charge on any atom is 0.275 e. The number of amides is 1. The van der Waals surface area contributed by atoms with E-state index in [2.05, 4.69) is 15.5 Å². The zero-order chi connectivity index (χ0) is 17.1. The van der Waals surface area contributed by atoms with Gasteiger partial charge in [0.15, 0.2) is 0 Å². The Morgan fingerprint density at radius 1 is 1.25 bits per heavy atom. The van der Waals surface area contributed by atoms with Crippen molar-refractivity contribution < 1.29 is 9.90 Å². The van der Waals surface area contributed by atoms with Gasteiger partial charge in [0.2, 0.25) is 0 Å². The number of halogens is 1. The second kappa shape index (κ2) is 6.68. The van der Waals surface area contributed by atoms with E-state index in [4.69, 9.17) is 11.6 Å². The van der Waals surface area contributed by atoms with Crippen molar-refractivity contribution >= 4 is 34.6 Å². The molecule has 24 heavy (non-hydrogen) atoms. The molecule has 5 nitrogen and oxygen atoms in total. The van der Waals surface area contributed by atoms with Gasteiger partial charge in [0, 0.05) is 10.9 Å². The number of nitrogens with one attached hydrogen (secondary N) is 1. The summed E-state index contributed by atoms with van der Waals surface area (Å²) in [6, 6.07) is 14.0. The SMILES string of the molecule is Cc1ccc2nc(Cl)c(/C=N/NC(=O)c3ccccc3O)cc2c1. The summed E-state index contributed by atoms with van der Waals surface area (Å²) in [6.45, 7) is 1.99. The van der Waals surface area contributed by atoms with E-state index in [-0.39, 0.29) is 11.3 Å². The summed E-state index contributed by atoms with van der Waals surface area (Å²) < 4.78 is 0. The first-order valence-electron chi connectivity index (χ1n) is 7.23. The van der Waals surface area contributed by atoms with E-state index >= 15 is 0 Å². The lowest BCUT2D eigenvalue weighted by molar-refractivity contribution is 0.0952. The van der Waals surface area contributed by atoms with Gasteiger partial charge in [-0.2, -0.15) is 5.10 Å². The highest BCUT2D eigenvalue weighted by atomic mass is 35.5. The molecule has 0 atom stereocenters. The van der Waals surface area contributed by atoms with Gasteiger partial charge >= 0.3 is 0 Å². The van der Waals surface area contributed by atoms with Gasteiger partial charge in [-0.3, -0.25) is 4.79 Å². The molecule has 0 unspecified atom stereocenters. The summed E-state index contributed by atoms with van der Waals surface area (Å²) >= 11 is 6.15. The van der Waals surface area contributed by atoms with Crippen LogP contribution in [0.1, 0.15) is 21.5 Å².